The highest BCUT2D eigenvalue weighted by Crippen LogP contribution is 2.41. The number of nitrogens with zero attached hydrogens (tertiary/aromatic N) is 3. The van der Waals surface area contributed by atoms with Crippen LogP contribution in [-0.2, 0) is 11.3 Å². The predicted octanol–water partition coefficient (Wildman–Crippen LogP) is -0.139. The first-order valence-corrected chi connectivity index (χ1v) is 5.47. The van der Waals surface area contributed by atoms with Gasteiger partial charge in [0.2, 0.25) is 0 Å². The zero-order valence-electron chi connectivity index (χ0n) is 9.54. The van der Waals surface area contributed by atoms with E-state index in [4.69, 9.17) is 9.84 Å². The summed E-state index contributed by atoms with van der Waals surface area (Å²) in [6.45, 7) is 0.395. The van der Waals surface area contributed by atoms with Crippen LogP contribution in [0.25, 0.3) is 0 Å². The van der Waals surface area contributed by atoms with Crippen molar-refractivity contribution in [3.05, 3.63) is 11.4 Å². The van der Waals surface area contributed by atoms with E-state index < -0.39 is 12.1 Å². The Kier molecular flexibility index (Phi) is 3.39. The molecular weight excluding hydrogens is 226 g/mol. The molecule has 0 saturated heterocycles. The number of aliphatic hydroxyl groups excluding tert-OH is 1. The molecule has 1 saturated carbocycles. The van der Waals surface area contributed by atoms with Gasteiger partial charge in [0.05, 0.1) is 24.9 Å². The van der Waals surface area contributed by atoms with Crippen LogP contribution in [0.15, 0.2) is 0 Å². The molecule has 17 heavy (non-hydrogen) atoms. The van der Waals surface area contributed by atoms with Crippen LogP contribution in [0.3, 0.4) is 0 Å². The van der Waals surface area contributed by atoms with Gasteiger partial charge in [-0.25, -0.2) is 9.48 Å². The Bertz CT molecular complexity index is 414. The van der Waals surface area contributed by atoms with Crippen LogP contribution in [0.5, 0.6) is 0 Å². The molecule has 1 aromatic rings. The van der Waals surface area contributed by atoms with Crippen LogP contribution in [0.1, 0.15) is 34.9 Å². The van der Waals surface area contributed by atoms with E-state index in [9.17, 15) is 9.90 Å². The maximum absolute atomic E-state index is 11.0. The van der Waals surface area contributed by atoms with E-state index in [-0.39, 0.29) is 24.8 Å². The first-order valence-electron chi connectivity index (χ1n) is 5.47. The van der Waals surface area contributed by atoms with Gasteiger partial charge in [0.1, 0.15) is 0 Å². The highest BCUT2D eigenvalue weighted by molar-refractivity contribution is 5.86. The van der Waals surface area contributed by atoms with Crippen molar-refractivity contribution in [1.29, 1.82) is 0 Å². The molecule has 0 aromatic carbocycles. The third-order valence-corrected chi connectivity index (χ3v) is 2.68. The van der Waals surface area contributed by atoms with E-state index >= 15 is 0 Å². The lowest BCUT2D eigenvalue weighted by Gasteiger charge is -2.11. The smallest absolute Gasteiger partial charge is 0.358 e. The Morgan fingerprint density at radius 3 is 2.88 bits per heavy atom. The molecule has 0 spiro atoms. The van der Waals surface area contributed by atoms with E-state index in [2.05, 4.69) is 10.3 Å². The lowest BCUT2D eigenvalue weighted by Crippen LogP contribution is -2.23. The highest BCUT2D eigenvalue weighted by Gasteiger charge is 2.34. The third kappa shape index (κ3) is 2.62. The van der Waals surface area contributed by atoms with E-state index in [0.29, 0.717) is 5.69 Å². The minimum Gasteiger partial charge on any atom is -0.476 e. The first-order chi connectivity index (χ1) is 8.13. The second kappa shape index (κ2) is 4.80. The normalized spacial score (nSPS) is 17.1. The molecule has 1 aliphatic rings. The van der Waals surface area contributed by atoms with E-state index in [0.717, 1.165) is 12.8 Å². The van der Waals surface area contributed by atoms with Gasteiger partial charge in [-0.15, -0.1) is 5.10 Å². The monoisotopic (exact) mass is 241 g/mol. The number of carboxylic acid groups (broad SMARTS) is 1. The fourth-order valence-electron chi connectivity index (χ4n) is 1.81. The van der Waals surface area contributed by atoms with Crippen molar-refractivity contribution in [2.75, 3.05) is 13.7 Å². The summed E-state index contributed by atoms with van der Waals surface area (Å²) < 4.78 is 6.30. The van der Waals surface area contributed by atoms with Crippen molar-refractivity contribution in [1.82, 2.24) is 15.0 Å². The van der Waals surface area contributed by atoms with Crippen LogP contribution in [0, 0.1) is 0 Å². The number of rotatable bonds is 6. The Morgan fingerprint density at radius 1 is 1.65 bits per heavy atom. The summed E-state index contributed by atoms with van der Waals surface area (Å²) in [4.78, 5) is 11.0. The molecule has 1 unspecified atom stereocenters. The molecule has 7 heteroatoms. The molecule has 94 valence electrons. The Morgan fingerprint density at radius 2 is 2.35 bits per heavy atom. The fourth-order valence-corrected chi connectivity index (χ4v) is 1.81. The highest BCUT2D eigenvalue weighted by atomic mass is 16.5. The van der Waals surface area contributed by atoms with Crippen molar-refractivity contribution in [3.8, 4) is 0 Å². The van der Waals surface area contributed by atoms with Crippen LogP contribution < -0.4 is 0 Å². The maximum Gasteiger partial charge on any atom is 0.358 e. The molecule has 1 aromatic heterocycles. The van der Waals surface area contributed by atoms with E-state index in [1.165, 1.54) is 11.8 Å². The van der Waals surface area contributed by atoms with Crippen molar-refractivity contribution >= 4 is 5.97 Å². The molecule has 2 N–H and O–H groups in total. The summed E-state index contributed by atoms with van der Waals surface area (Å²) in [5.41, 5.74) is 0.616. The van der Waals surface area contributed by atoms with Crippen molar-refractivity contribution in [2.45, 2.75) is 31.4 Å². The van der Waals surface area contributed by atoms with Gasteiger partial charge < -0.3 is 14.9 Å². The van der Waals surface area contributed by atoms with Crippen LogP contribution >= 0.6 is 0 Å². The second-order valence-electron chi connectivity index (χ2n) is 4.19. The minimum atomic E-state index is -1.07. The summed E-state index contributed by atoms with van der Waals surface area (Å²) in [5, 5.41) is 26.0. The average Bonchev–Trinajstić information content (AvgIpc) is 3.00. The largest absolute Gasteiger partial charge is 0.476 e. The number of aromatic nitrogens is 3. The number of carboxylic acids is 1. The molecule has 1 atom stereocenters. The van der Waals surface area contributed by atoms with Crippen molar-refractivity contribution in [2.24, 2.45) is 0 Å². The predicted molar refractivity (Wildman–Crippen MR) is 56.8 cm³/mol. The lowest BCUT2D eigenvalue weighted by molar-refractivity contribution is 0.0504. The molecule has 0 amide bonds. The fraction of sp³-hybridized carbons (Fsp3) is 0.700. The summed E-state index contributed by atoms with van der Waals surface area (Å²) in [6.07, 6.45) is 1.20. The third-order valence-electron chi connectivity index (χ3n) is 2.68. The lowest BCUT2D eigenvalue weighted by atomic mass is 10.2. The zero-order valence-corrected chi connectivity index (χ0v) is 9.54. The van der Waals surface area contributed by atoms with Crippen LogP contribution in [0.2, 0.25) is 0 Å². The quantitative estimate of drug-likeness (QED) is 0.719. The Labute approximate surface area is 98.0 Å². The SMILES string of the molecule is COCC(O)Cn1nnc(C(=O)O)c1C1CC1. The van der Waals surface area contributed by atoms with Gasteiger partial charge in [0.25, 0.3) is 0 Å². The molecular formula is C10H15N3O4. The molecule has 1 aliphatic carbocycles. The Hall–Kier alpha value is -1.47. The number of aromatic carboxylic acids is 1. The number of aliphatic hydroxyl groups is 1. The molecule has 7 nitrogen and oxygen atoms in total. The van der Waals surface area contributed by atoms with Crippen LogP contribution in [0.4, 0.5) is 0 Å². The Balaban J connectivity index is 2.19. The topological polar surface area (TPSA) is 97.5 Å². The molecule has 0 aliphatic heterocycles. The molecule has 0 radical (unpaired) electrons. The van der Waals surface area contributed by atoms with E-state index in [1.54, 1.807) is 0 Å². The summed E-state index contributed by atoms with van der Waals surface area (Å²) in [7, 11) is 1.50. The summed E-state index contributed by atoms with van der Waals surface area (Å²) >= 11 is 0. The zero-order chi connectivity index (χ0) is 12.4. The summed E-state index contributed by atoms with van der Waals surface area (Å²) in [6, 6.07) is 0. The second-order valence-corrected chi connectivity index (χ2v) is 4.19. The molecule has 0 bridgehead atoms. The van der Waals surface area contributed by atoms with Gasteiger partial charge in [-0.2, -0.15) is 0 Å². The van der Waals surface area contributed by atoms with Gasteiger partial charge in [0.15, 0.2) is 5.69 Å². The maximum atomic E-state index is 11.0. The number of hydrogen-bond acceptors (Lipinski definition) is 5. The van der Waals surface area contributed by atoms with Crippen LogP contribution in [-0.4, -0.2) is 51.0 Å². The van der Waals surface area contributed by atoms with Gasteiger partial charge in [-0.3, -0.25) is 0 Å². The number of carbonyl (C=O) groups is 1. The van der Waals surface area contributed by atoms with E-state index in [1.807, 2.05) is 0 Å². The van der Waals surface area contributed by atoms with Crippen molar-refractivity contribution < 1.29 is 19.7 Å². The van der Waals surface area contributed by atoms with Gasteiger partial charge in [0, 0.05) is 13.0 Å². The minimum absolute atomic E-state index is 0.00267. The van der Waals surface area contributed by atoms with Crippen molar-refractivity contribution in [3.63, 3.8) is 0 Å². The first kappa shape index (κ1) is 12.0. The average molecular weight is 241 g/mol. The molecule has 1 fully saturated rings. The summed E-state index contributed by atoms with van der Waals surface area (Å²) in [5.74, 6) is -0.856. The molecule has 2 rings (SSSR count). The number of hydrogen-bond donors (Lipinski definition) is 2. The van der Waals surface area contributed by atoms with Gasteiger partial charge in [-0.05, 0) is 12.8 Å². The number of methoxy groups -OCH3 is 1. The molecule has 1 heterocycles. The van der Waals surface area contributed by atoms with Gasteiger partial charge >= 0.3 is 5.97 Å². The number of ether oxygens (including phenoxy) is 1. The standard InChI is InChI=1S/C10H15N3O4/c1-17-5-7(14)4-13-9(6-2-3-6)8(10(15)16)11-12-13/h6-7,14H,2-5H2,1H3,(H,15,16). The van der Waals surface area contributed by atoms with Gasteiger partial charge in [-0.1, -0.05) is 5.21 Å².